The summed E-state index contributed by atoms with van der Waals surface area (Å²) in [5.74, 6) is 0. The zero-order valence-corrected chi connectivity index (χ0v) is 21.3. The molecule has 0 heterocycles. The minimum absolute atomic E-state index is 1.24. The molecule has 0 spiro atoms. The fourth-order valence-corrected chi connectivity index (χ4v) is 4.70. The maximum Gasteiger partial charge on any atom is -0.0184 e. The molecule has 0 aliphatic carbocycles. The van der Waals surface area contributed by atoms with Crippen LogP contribution in [0, 0.1) is 6.07 Å². The van der Waals surface area contributed by atoms with Crippen LogP contribution in [0.1, 0.15) is 160 Å². The summed E-state index contributed by atoms with van der Waals surface area (Å²) >= 11 is 0. The van der Waals surface area contributed by atoms with E-state index in [2.05, 4.69) is 25.1 Å². The van der Waals surface area contributed by atoms with Crippen LogP contribution in [0.5, 0.6) is 0 Å². The Labute approximate surface area is 197 Å². The van der Waals surface area contributed by atoms with Crippen molar-refractivity contribution in [2.24, 2.45) is 0 Å². The highest BCUT2D eigenvalue weighted by Gasteiger charge is 1.96. The quantitative estimate of drug-likeness (QED) is 0.144. The van der Waals surface area contributed by atoms with E-state index in [-0.39, 0.29) is 0 Å². The zero-order valence-electron chi connectivity index (χ0n) is 21.3. The fraction of sp³-hybridized carbons (Fsp3) is 0.806. The van der Waals surface area contributed by atoms with Gasteiger partial charge in [-0.25, -0.2) is 0 Å². The van der Waals surface area contributed by atoms with Gasteiger partial charge >= 0.3 is 0 Å². The number of aryl methyl sites for hydroxylation is 1. The first-order valence-electron chi connectivity index (χ1n) is 14.4. The van der Waals surface area contributed by atoms with Crippen LogP contribution in [-0.2, 0) is 6.42 Å². The maximum atomic E-state index is 3.10. The number of benzene rings is 1. The SMILES string of the molecule is CCCCCCCCCCCCCCCCCCCCCCCCCc1cc[c]cc1. The lowest BCUT2D eigenvalue weighted by molar-refractivity contribution is 0.518. The summed E-state index contributed by atoms with van der Waals surface area (Å²) in [5, 5.41) is 0. The van der Waals surface area contributed by atoms with E-state index < -0.39 is 0 Å². The molecular formula is C31H55. The predicted molar refractivity (Wildman–Crippen MR) is 141 cm³/mol. The molecular weight excluding hydrogens is 372 g/mol. The Balaban J connectivity index is 1.65. The molecule has 1 aromatic carbocycles. The monoisotopic (exact) mass is 427 g/mol. The van der Waals surface area contributed by atoms with E-state index in [4.69, 9.17) is 0 Å². The first-order valence-corrected chi connectivity index (χ1v) is 14.4. The Bertz CT molecular complexity index is 435. The lowest BCUT2D eigenvalue weighted by Gasteiger charge is -2.04. The highest BCUT2D eigenvalue weighted by molar-refractivity contribution is 5.13. The van der Waals surface area contributed by atoms with E-state index in [1.165, 1.54) is 160 Å². The molecule has 179 valence electrons. The second-order valence-corrected chi connectivity index (χ2v) is 9.94. The van der Waals surface area contributed by atoms with Crippen molar-refractivity contribution < 1.29 is 0 Å². The maximum absolute atomic E-state index is 3.10. The van der Waals surface area contributed by atoms with Crippen molar-refractivity contribution >= 4 is 0 Å². The first-order chi connectivity index (χ1) is 15.4. The summed E-state index contributed by atoms with van der Waals surface area (Å²) in [6, 6.07) is 11.6. The van der Waals surface area contributed by atoms with E-state index in [0.717, 1.165) is 0 Å². The summed E-state index contributed by atoms with van der Waals surface area (Å²) in [7, 11) is 0. The molecule has 0 fully saturated rings. The Morgan fingerprint density at radius 1 is 0.419 bits per heavy atom. The molecule has 1 aromatic rings. The Kier molecular flexibility index (Phi) is 21.8. The van der Waals surface area contributed by atoms with Crippen LogP contribution in [0.4, 0.5) is 0 Å². The normalized spacial score (nSPS) is 11.3. The Hall–Kier alpha value is -0.780. The van der Waals surface area contributed by atoms with E-state index in [0.29, 0.717) is 0 Å². The second-order valence-electron chi connectivity index (χ2n) is 9.94. The molecule has 0 unspecified atom stereocenters. The van der Waals surface area contributed by atoms with Gasteiger partial charge in [-0.15, -0.1) is 0 Å². The van der Waals surface area contributed by atoms with Gasteiger partial charge in [0.2, 0.25) is 0 Å². The van der Waals surface area contributed by atoms with Crippen molar-refractivity contribution in [3.8, 4) is 0 Å². The zero-order chi connectivity index (χ0) is 22.1. The smallest absolute Gasteiger partial charge is 0.0184 e. The molecule has 31 heavy (non-hydrogen) atoms. The van der Waals surface area contributed by atoms with Crippen LogP contribution in [0.3, 0.4) is 0 Å². The van der Waals surface area contributed by atoms with Crippen LogP contribution in [0.25, 0.3) is 0 Å². The van der Waals surface area contributed by atoms with Crippen molar-refractivity contribution in [1.29, 1.82) is 0 Å². The summed E-state index contributed by atoms with van der Waals surface area (Å²) in [6.45, 7) is 2.30. The highest BCUT2D eigenvalue weighted by Crippen LogP contribution is 2.15. The second kappa shape index (κ2) is 23.9. The highest BCUT2D eigenvalue weighted by atomic mass is 14.0. The van der Waals surface area contributed by atoms with Gasteiger partial charge in [-0.2, -0.15) is 0 Å². The molecule has 0 atom stereocenters. The topological polar surface area (TPSA) is 0 Å². The molecule has 0 nitrogen and oxygen atoms in total. The van der Waals surface area contributed by atoms with Gasteiger partial charge in [0.25, 0.3) is 0 Å². The average molecular weight is 428 g/mol. The van der Waals surface area contributed by atoms with Crippen LogP contribution >= 0.6 is 0 Å². The number of hydrogen-bond donors (Lipinski definition) is 0. The van der Waals surface area contributed by atoms with Crippen LogP contribution in [0.2, 0.25) is 0 Å². The van der Waals surface area contributed by atoms with Gasteiger partial charge in [0.15, 0.2) is 0 Å². The average Bonchev–Trinajstić information content (AvgIpc) is 2.80. The Morgan fingerprint density at radius 2 is 0.710 bits per heavy atom. The largest absolute Gasteiger partial charge is 0.0654 e. The van der Waals surface area contributed by atoms with Crippen LogP contribution < -0.4 is 0 Å². The van der Waals surface area contributed by atoms with Crippen molar-refractivity contribution in [2.45, 2.75) is 161 Å². The molecule has 0 heteroatoms. The van der Waals surface area contributed by atoms with Crippen molar-refractivity contribution in [1.82, 2.24) is 0 Å². The number of hydrogen-bond acceptors (Lipinski definition) is 0. The van der Waals surface area contributed by atoms with Gasteiger partial charge in [0.1, 0.15) is 0 Å². The minimum atomic E-state index is 1.24. The molecule has 0 saturated heterocycles. The van der Waals surface area contributed by atoms with E-state index in [9.17, 15) is 0 Å². The van der Waals surface area contributed by atoms with E-state index in [1.54, 1.807) is 0 Å². The third-order valence-corrected chi connectivity index (χ3v) is 6.86. The molecule has 1 rings (SSSR count). The summed E-state index contributed by atoms with van der Waals surface area (Å²) in [4.78, 5) is 0. The third kappa shape index (κ3) is 20.9. The fourth-order valence-electron chi connectivity index (χ4n) is 4.70. The summed E-state index contributed by atoms with van der Waals surface area (Å²) < 4.78 is 0. The summed E-state index contributed by atoms with van der Waals surface area (Å²) in [6.07, 6.45) is 34.8. The predicted octanol–water partition coefficient (Wildman–Crippen LogP) is 11.0. The molecule has 1 radical (unpaired) electrons. The van der Waals surface area contributed by atoms with Gasteiger partial charge in [-0.05, 0) is 24.5 Å². The van der Waals surface area contributed by atoms with Crippen LogP contribution in [-0.4, -0.2) is 0 Å². The number of unbranched alkanes of at least 4 members (excludes halogenated alkanes) is 22. The molecule has 0 bridgehead atoms. The molecule has 0 saturated carbocycles. The molecule has 0 aromatic heterocycles. The summed E-state index contributed by atoms with van der Waals surface area (Å²) in [5.41, 5.74) is 1.47. The van der Waals surface area contributed by atoms with Crippen LogP contribution in [0.15, 0.2) is 24.3 Å². The van der Waals surface area contributed by atoms with Gasteiger partial charge in [-0.3, -0.25) is 0 Å². The van der Waals surface area contributed by atoms with Gasteiger partial charge in [-0.1, -0.05) is 172 Å². The van der Waals surface area contributed by atoms with Crippen molar-refractivity contribution in [3.63, 3.8) is 0 Å². The first kappa shape index (κ1) is 28.3. The number of rotatable bonds is 24. The van der Waals surface area contributed by atoms with E-state index in [1.807, 2.05) is 12.1 Å². The van der Waals surface area contributed by atoms with Crippen molar-refractivity contribution in [3.05, 3.63) is 35.9 Å². The molecule has 0 aliphatic rings. The van der Waals surface area contributed by atoms with Gasteiger partial charge < -0.3 is 0 Å². The standard InChI is InChI=1S/C31H55/c1-2-3-4-5-6-7-8-9-10-11-12-13-14-15-16-17-18-19-20-21-22-23-25-28-31-29-26-24-27-30-31/h26-27,29-30H,2-23,25,28H2,1H3. The van der Waals surface area contributed by atoms with Gasteiger partial charge in [0, 0.05) is 0 Å². The molecule has 0 N–H and O–H groups in total. The lowest BCUT2D eigenvalue weighted by Crippen LogP contribution is -1.86. The Morgan fingerprint density at radius 3 is 1.03 bits per heavy atom. The lowest BCUT2D eigenvalue weighted by atomic mass is 10.0. The third-order valence-electron chi connectivity index (χ3n) is 6.86. The van der Waals surface area contributed by atoms with Gasteiger partial charge in [0.05, 0.1) is 0 Å². The molecule has 0 aliphatic heterocycles. The van der Waals surface area contributed by atoms with E-state index >= 15 is 0 Å². The van der Waals surface area contributed by atoms with Crippen molar-refractivity contribution in [2.75, 3.05) is 0 Å². The minimum Gasteiger partial charge on any atom is -0.0654 e. The molecule has 0 amide bonds.